The lowest BCUT2D eigenvalue weighted by Crippen LogP contribution is -2.38. The van der Waals surface area contributed by atoms with Gasteiger partial charge in [-0.15, -0.1) is 0 Å². The summed E-state index contributed by atoms with van der Waals surface area (Å²) in [5, 5.41) is 0. The molecule has 2 aromatic rings. The van der Waals surface area contributed by atoms with Crippen molar-refractivity contribution in [3.05, 3.63) is 35.6 Å². The van der Waals surface area contributed by atoms with E-state index in [0.29, 0.717) is 36.0 Å². The van der Waals surface area contributed by atoms with Crippen molar-refractivity contribution in [2.75, 3.05) is 38.2 Å². The van der Waals surface area contributed by atoms with Gasteiger partial charge in [0.05, 0.1) is 6.54 Å². The van der Waals surface area contributed by atoms with Crippen molar-refractivity contribution in [2.24, 2.45) is 16.8 Å². The summed E-state index contributed by atoms with van der Waals surface area (Å²) < 4.78 is 7.41. The van der Waals surface area contributed by atoms with Crippen molar-refractivity contribution in [3.8, 4) is 5.75 Å². The van der Waals surface area contributed by atoms with Crippen molar-refractivity contribution in [1.29, 1.82) is 0 Å². The largest absolute Gasteiger partial charge is 0.488 e. The molecule has 1 amide bonds. The number of likely N-dealkylation sites (tertiary alicyclic amines) is 1. The van der Waals surface area contributed by atoms with E-state index in [1.807, 2.05) is 30.9 Å². The van der Waals surface area contributed by atoms with Crippen LogP contribution in [0.15, 0.2) is 29.4 Å². The molecule has 2 aliphatic rings. The molecular weight excluding hydrogens is 394 g/mol. The van der Waals surface area contributed by atoms with Crippen LogP contribution in [-0.4, -0.2) is 59.6 Å². The predicted octanol–water partition coefficient (Wildman–Crippen LogP) is 3.05. The van der Waals surface area contributed by atoms with E-state index in [0.717, 1.165) is 37.4 Å². The van der Waals surface area contributed by atoms with Gasteiger partial charge in [-0.3, -0.25) is 19.1 Å². The molecule has 0 unspecified atom stereocenters. The second kappa shape index (κ2) is 8.61. The van der Waals surface area contributed by atoms with Crippen LogP contribution in [0.4, 0.5) is 11.5 Å². The highest BCUT2D eigenvalue weighted by Crippen LogP contribution is 2.36. The number of pyridine rings is 1. The Morgan fingerprint density at radius 1 is 1.19 bits per heavy atom. The highest BCUT2D eigenvalue weighted by Gasteiger charge is 2.28. The van der Waals surface area contributed by atoms with Crippen LogP contribution >= 0.6 is 0 Å². The minimum absolute atomic E-state index is 0.00146. The smallest absolute Gasteiger partial charge is 0.270 e. The lowest BCUT2D eigenvalue weighted by atomic mass is 9.99. The Balaban J connectivity index is 1.63. The zero-order valence-electron chi connectivity index (χ0n) is 18.7. The number of piperidine rings is 1. The standard InChI is InChI=1S/C23H31N5O3/c1-15(2)22(29)28-10-7-17(13-20(28)24-4)27-11-12-31-19-14-18(25-21(19)27)23(30)26-8-5-16(3)6-9-26/h7,10,13-16,25H,5-6,8-9,11-12H2,1-4H3. The van der Waals surface area contributed by atoms with Gasteiger partial charge in [-0.2, -0.15) is 0 Å². The molecule has 2 aromatic heterocycles. The van der Waals surface area contributed by atoms with E-state index in [9.17, 15) is 9.59 Å². The number of anilines is 2. The summed E-state index contributed by atoms with van der Waals surface area (Å²) >= 11 is 0. The molecule has 0 aliphatic carbocycles. The fraction of sp³-hybridized carbons (Fsp3) is 0.522. The van der Waals surface area contributed by atoms with Crippen LogP contribution in [0.5, 0.6) is 5.75 Å². The van der Waals surface area contributed by atoms with Crippen LogP contribution in [0.25, 0.3) is 0 Å². The number of amides is 1. The SMILES string of the molecule is CN=c1cc(N2CCOc3cc(C(=O)N4CCC(C)CC4)[nH]c32)ccn1C(=O)C(C)C. The Morgan fingerprint density at radius 2 is 1.94 bits per heavy atom. The van der Waals surface area contributed by atoms with E-state index in [1.165, 1.54) is 0 Å². The maximum absolute atomic E-state index is 13.0. The summed E-state index contributed by atoms with van der Waals surface area (Å²) in [4.78, 5) is 37.1. The van der Waals surface area contributed by atoms with Crippen LogP contribution in [-0.2, 0) is 0 Å². The van der Waals surface area contributed by atoms with Gasteiger partial charge < -0.3 is 19.5 Å². The van der Waals surface area contributed by atoms with Gasteiger partial charge >= 0.3 is 0 Å². The van der Waals surface area contributed by atoms with E-state index in [4.69, 9.17) is 4.74 Å². The maximum atomic E-state index is 13.0. The number of rotatable bonds is 3. The third-order valence-corrected chi connectivity index (χ3v) is 6.10. The minimum Gasteiger partial charge on any atom is -0.488 e. The second-order valence-electron chi connectivity index (χ2n) is 8.70. The molecule has 0 aromatic carbocycles. The van der Waals surface area contributed by atoms with Crippen LogP contribution in [0, 0.1) is 11.8 Å². The van der Waals surface area contributed by atoms with Gasteiger partial charge in [-0.25, -0.2) is 0 Å². The van der Waals surface area contributed by atoms with Crippen LogP contribution in [0.3, 0.4) is 0 Å². The molecular formula is C23H31N5O3. The van der Waals surface area contributed by atoms with Gasteiger partial charge in [-0.05, 0) is 24.8 Å². The number of nitrogens with one attached hydrogen (secondary N) is 1. The summed E-state index contributed by atoms with van der Waals surface area (Å²) in [6.45, 7) is 8.70. The minimum atomic E-state index is -0.124. The fourth-order valence-corrected chi connectivity index (χ4v) is 4.13. The monoisotopic (exact) mass is 425 g/mol. The number of H-pyrrole nitrogens is 1. The molecule has 2 aliphatic heterocycles. The predicted molar refractivity (Wildman–Crippen MR) is 119 cm³/mol. The first-order valence-electron chi connectivity index (χ1n) is 11.0. The van der Waals surface area contributed by atoms with Gasteiger partial charge in [0.25, 0.3) is 5.91 Å². The van der Waals surface area contributed by atoms with E-state index < -0.39 is 0 Å². The number of aromatic nitrogens is 2. The van der Waals surface area contributed by atoms with Gasteiger partial charge in [0.15, 0.2) is 11.6 Å². The van der Waals surface area contributed by atoms with Gasteiger partial charge in [0.1, 0.15) is 17.8 Å². The van der Waals surface area contributed by atoms with E-state index in [-0.39, 0.29) is 17.7 Å². The molecule has 0 atom stereocenters. The van der Waals surface area contributed by atoms with E-state index >= 15 is 0 Å². The van der Waals surface area contributed by atoms with Crippen molar-refractivity contribution < 1.29 is 14.3 Å². The number of fused-ring (bicyclic) bond motifs is 1. The Hall–Kier alpha value is -3.03. The van der Waals surface area contributed by atoms with Crippen LogP contribution in [0.2, 0.25) is 0 Å². The highest BCUT2D eigenvalue weighted by molar-refractivity contribution is 5.94. The van der Waals surface area contributed by atoms with E-state index in [2.05, 4.69) is 21.8 Å². The Labute approximate surface area is 182 Å². The summed E-state index contributed by atoms with van der Waals surface area (Å²) in [7, 11) is 1.68. The molecule has 4 rings (SSSR count). The summed E-state index contributed by atoms with van der Waals surface area (Å²) in [6, 6.07) is 5.60. The number of hydrogen-bond donors (Lipinski definition) is 1. The third-order valence-electron chi connectivity index (χ3n) is 6.10. The molecule has 0 spiro atoms. The first-order chi connectivity index (χ1) is 14.9. The van der Waals surface area contributed by atoms with Gasteiger partial charge in [-0.1, -0.05) is 20.8 Å². The molecule has 166 valence electrons. The molecule has 31 heavy (non-hydrogen) atoms. The van der Waals surface area contributed by atoms with Crippen molar-refractivity contribution in [3.63, 3.8) is 0 Å². The van der Waals surface area contributed by atoms with Gasteiger partial charge in [0, 0.05) is 50.1 Å². The molecule has 0 radical (unpaired) electrons. The number of carbonyl (C=O) groups excluding carboxylic acids is 2. The summed E-state index contributed by atoms with van der Waals surface area (Å²) in [6.07, 6.45) is 3.84. The Bertz CT molecular complexity index is 1040. The van der Waals surface area contributed by atoms with Crippen molar-refractivity contribution >= 4 is 23.3 Å². The number of ether oxygens (including phenoxy) is 1. The molecule has 0 saturated carbocycles. The lowest BCUT2D eigenvalue weighted by molar-refractivity contribution is 0.0691. The first kappa shape index (κ1) is 21.2. The molecule has 1 fully saturated rings. The molecule has 8 nitrogen and oxygen atoms in total. The molecule has 1 saturated heterocycles. The lowest BCUT2D eigenvalue weighted by Gasteiger charge is -2.30. The summed E-state index contributed by atoms with van der Waals surface area (Å²) in [5.41, 5.74) is 2.04. The average Bonchev–Trinajstić information content (AvgIpc) is 3.22. The maximum Gasteiger partial charge on any atom is 0.270 e. The fourth-order valence-electron chi connectivity index (χ4n) is 4.13. The number of nitrogens with zero attached hydrogens (tertiary/aromatic N) is 4. The van der Waals surface area contributed by atoms with Gasteiger partial charge in [0.2, 0.25) is 5.91 Å². The van der Waals surface area contributed by atoms with E-state index in [1.54, 1.807) is 23.9 Å². The normalized spacial score (nSPS) is 17.6. The van der Waals surface area contributed by atoms with Crippen molar-refractivity contribution in [1.82, 2.24) is 14.5 Å². The summed E-state index contributed by atoms with van der Waals surface area (Å²) in [5.74, 6) is 1.99. The Kier molecular flexibility index (Phi) is 5.89. The molecule has 1 N–H and O–H groups in total. The Morgan fingerprint density at radius 3 is 2.61 bits per heavy atom. The zero-order valence-corrected chi connectivity index (χ0v) is 18.7. The molecule has 4 heterocycles. The van der Waals surface area contributed by atoms with Crippen LogP contribution < -0.4 is 15.1 Å². The van der Waals surface area contributed by atoms with Crippen LogP contribution in [0.1, 0.15) is 48.9 Å². The number of hydrogen-bond acceptors (Lipinski definition) is 5. The highest BCUT2D eigenvalue weighted by atomic mass is 16.5. The topological polar surface area (TPSA) is 82.9 Å². The quantitative estimate of drug-likeness (QED) is 0.819. The van der Waals surface area contributed by atoms with Crippen molar-refractivity contribution in [2.45, 2.75) is 33.6 Å². The number of carbonyl (C=O) groups is 2. The first-order valence-corrected chi connectivity index (χ1v) is 11.0. The third kappa shape index (κ3) is 4.11. The molecule has 0 bridgehead atoms. The average molecular weight is 426 g/mol. The molecule has 8 heteroatoms. The number of aromatic amines is 1. The second-order valence-corrected chi connectivity index (χ2v) is 8.70. The zero-order chi connectivity index (χ0) is 22.1.